The molecule has 0 saturated heterocycles. The smallest absolute Gasteiger partial charge is 0.341 e. The van der Waals surface area contributed by atoms with Crippen molar-refractivity contribution in [3.05, 3.63) is 115 Å². The van der Waals surface area contributed by atoms with Gasteiger partial charge in [0.1, 0.15) is 22.6 Å². The van der Waals surface area contributed by atoms with Crippen LogP contribution in [0.3, 0.4) is 0 Å². The van der Waals surface area contributed by atoms with E-state index in [-0.39, 0.29) is 13.2 Å². The number of esters is 2. The van der Waals surface area contributed by atoms with E-state index < -0.39 is 17.4 Å². The first-order valence-electron chi connectivity index (χ1n) is 18.3. The maximum atomic E-state index is 13.6. The summed E-state index contributed by atoms with van der Waals surface area (Å²) in [7, 11) is 0. The summed E-state index contributed by atoms with van der Waals surface area (Å²) < 4.78 is 25.5. The van der Waals surface area contributed by atoms with Gasteiger partial charge in [-0.25, -0.2) is 9.59 Å². The van der Waals surface area contributed by atoms with Crippen LogP contribution in [0.4, 0.5) is 0 Å². The van der Waals surface area contributed by atoms with Crippen LogP contribution in [0.2, 0.25) is 0 Å². The number of unbranched alkanes of at least 4 members (excludes halogenated alkanes) is 6. The molecule has 0 N–H and O–H groups in total. The maximum absolute atomic E-state index is 13.6. The van der Waals surface area contributed by atoms with Crippen LogP contribution >= 0.6 is 31.9 Å². The molecule has 4 aromatic rings. The monoisotopic (exact) mass is 818 g/mol. The highest BCUT2D eigenvalue weighted by atomic mass is 79.9. The predicted octanol–water partition coefficient (Wildman–Crippen LogP) is 11.8. The number of hydrogen-bond donors (Lipinski definition) is 0. The molecule has 0 aliphatic heterocycles. The zero-order valence-electron chi connectivity index (χ0n) is 30.1. The number of hydrogen-bond acceptors (Lipinski definition) is 6. The second kappa shape index (κ2) is 18.2. The van der Waals surface area contributed by atoms with Gasteiger partial charge in [0, 0.05) is 8.95 Å². The number of fused-ring (bicyclic) bond motifs is 3. The summed E-state index contributed by atoms with van der Waals surface area (Å²) in [5.41, 5.74) is 5.59. The molecule has 0 amide bonds. The fraction of sp³-hybridized carbons (Fsp3) is 0.395. The highest BCUT2D eigenvalue weighted by Crippen LogP contribution is 2.58. The molecule has 270 valence electrons. The van der Waals surface area contributed by atoms with E-state index in [2.05, 4.69) is 70.0 Å². The van der Waals surface area contributed by atoms with Gasteiger partial charge in [-0.05, 0) is 109 Å². The van der Waals surface area contributed by atoms with Gasteiger partial charge >= 0.3 is 11.9 Å². The quantitative estimate of drug-likeness (QED) is 0.0648. The first kappa shape index (κ1) is 38.6. The highest BCUT2D eigenvalue weighted by Gasteiger charge is 2.47. The van der Waals surface area contributed by atoms with Crippen molar-refractivity contribution in [2.24, 2.45) is 0 Å². The van der Waals surface area contributed by atoms with Crippen molar-refractivity contribution in [1.82, 2.24) is 0 Å². The van der Waals surface area contributed by atoms with Gasteiger partial charge in [0.25, 0.3) is 0 Å². The molecule has 4 aromatic carbocycles. The lowest BCUT2D eigenvalue weighted by molar-refractivity contribution is 0.0511. The number of halogens is 2. The molecule has 0 fully saturated rings. The van der Waals surface area contributed by atoms with Crippen LogP contribution in [0, 0.1) is 0 Å². The second-order valence-corrected chi connectivity index (χ2v) is 14.6. The Hall–Kier alpha value is -3.62. The summed E-state index contributed by atoms with van der Waals surface area (Å²) in [6.07, 6.45) is 8.44. The van der Waals surface area contributed by atoms with Crippen molar-refractivity contribution in [2.45, 2.75) is 84.5 Å². The number of carbonyl (C=O) groups excluding carboxylic acids is 2. The van der Waals surface area contributed by atoms with Crippen LogP contribution in [-0.2, 0) is 14.9 Å². The second-order valence-electron chi connectivity index (χ2n) is 12.8. The van der Waals surface area contributed by atoms with Gasteiger partial charge in [-0.15, -0.1) is 0 Å². The minimum Gasteiger partial charge on any atom is -0.493 e. The van der Waals surface area contributed by atoms with Gasteiger partial charge in [0.2, 0.25) is 0 Å². The molecule has 0 aromatic heterocycles. The Bertz CT molecular complexity index is 1700. The summed E-state index contributed by atoms with van der Waals surface area (Å²) in [5.74, 6) is 0.0904. The van der Waals surface area contributed by atoms with Crippen LogP contribution in [-0.4, -0.2) is 38.4 Å². The molecule has 0 spiro atoms. The molecule has 1 aliphatic rings. The molecule has 1 aliphatic carbocycles. The fourth-order valence-corrected chi connectivity index (χ4v) is 7.72. The average Bonchev–Trinajstić information content (AvgIpc) is 3.40. The largest absolute Gasteiger partial charge is 0.493 e. The molecule has 51 heavy (non-hydrogen) atoms. The lowest BCUT2D eigenvalue weighted by Crippen LogP contribution is -2.30. The van der Waals surface area contributed by atoms with Crippen LogP contribution < -0.4 is 9.47 Å². The van der Waals surface area contributed by atoms with Crippen molar-refractivity contribution in [3.8, 4) is 22.6 Å². The van der Waals surface area contributed by atoms with Crippen molar-refractivity contribution in [3.63, 3.8) is 0 Å². The SMILES string of the molecule is CCCCCCOc1ccc(C2(c3ccc(OCCCCCC)c(C(=O)OCC)c3)c3cc(Br)ccc3-c3ccc(Br)cc32)cc1C(=O)OCC. The van der Waals surface area contributed by atoms with Crippen molar-refractivity contribution in [1.29, 1.82) is 0 Å². The van der Waals surface area contributed by atoms with E-state index in [4.69, 9.17) is 18.9 Å². The van der Waals surface area contributed by atoms with Crippen LogP contribution in [0.1, 0.15) is 122 Å². The van der Waals surface area contributed by atoms with Crippen LogP contribution in [0.5, 0.6) is 11.5 Å². The van der Waals surface area contributed by atoms with E-state index in [1.807, 2.05) is 48.5 Å². The van der Waals surface area contributed by atoms with Gasteiger partial charge in [-0.3, -0.25) is 0 Å². The van der Waals surface area contributed by atoms with E-state index in [1.165, 1.54) is 0 Å². The summed E-state index contributed by atoms with van der Waals surface area (Å²) >= 11 is 7.51. The molecule has 6 nitrogen and oxygen atoms in total. The molecular weight excluding hydrogens is 772 g/mol. The topological polar surface area (TPSA) is 71.1 Å². The predicted molar refractivity (Wildman–Crippen MR) is 210 cm³/mol. The molecule has 0 saturated carbocycles. The Morgan fingerprint density at radius 1 is 0.549 bits per heavy atom. The Morgan fingerprint density at radius 3 is 1.37 bits per heavy atom. The lowest BCUT2D eigenvalue weighted by Gasteiger charge is -2.35. The molecule has 0 bridgehead atoms. The molecule has 0 radical (unpaired) electrons. The average molecular weight is 821 g/mol. The van der Waals surface area contributed by atoms with Gasteiger partial charge in [0.15, 0.2) is 0 Å². The van der Waals surface area contributed by atoms with E-state index in [1.54, 1.807) is 13.8 Å². The number of carbonyl (C=O) groups is 2. The van der Waals surface area contributed by atoms with E-state index >= 15 is 0 Å². The lowest BCUT2D eigenvalue weighted by atomic mass is 9.67. The number of rotatable bonds is 18. The fourth-order valence-electron chi connectivity index (χ4n) is 6.99. The third-order valence-electron chi connectivity index (χ3n) is 9.39. The first-order valence-corrected chi connectivity index (χ1v) is 19.9. The zero-order chi connectivity index (χ0) is 36.4. The number of ether oxygens (including phenoxy) is 4. The van der Waals surface area contributed by atoms with Gasteiger partial charge in [-0.1, -0.05) is 108 Å². The maximum Gasteiger partial charge on any atom is 0.341 e. The van der Waals surface area contributed by atoms with Crippen molar-refractivity contribution < 1.29 is 28.5 Å². The number of benzene rings is 4. The minimum absolute atomic E-state index is 0.235. The van der Waals surface area contributed by atoms with E-state index in [9.17, 15) is 9.59 Å². The molecule has 0 unspecified atom stereocenters. The first-order chi connectivity index (χ1) is 24.8. The van der Waals surface area contributed by atoms with Gasteiger partial charge < -0.3 is 18.9 Å². The Morgan fingerprint density at radius 2 is 0.980 bits per heavy atom. The summed E-state index contributed by atoms with van der Waals surface area (Å²) in [4.78, 5) is 27.3. The summed E-state index contributed by atoms with van der Waals surface area (Å²) in [6, 6.07) is 24.2. The van der Waals surface area contributed by atoms with Crippen molar-refractivity contribution in [2.75, 3.05) is 26.4 Å². The molecule has 8 heteroatoms. The normalized spacial score (nSPS) is 12.6. The molecule has 0 atom stereocenters. The molecule has 5 rings (SSSR count). The zero-order valence-corrected chi connectivity index (χ0v) is 33.3. The summed E-state index contributed by atoms with van der Waals surface area (Å²) in [6.45, 7) is 9.44. The Labute approximate surface area is 319 Å². The standard InChI is InChI=1S/C43H48Br2O6/c1-5-9-11-13-23-50-39-21-15-29(25-35(39)41(46)48-7-3)43(37-27-31(44)17-19-33(37)34-20-18-32(45)28-38(34)43)30-16-22-40(51-24-14-12-10-6-2)36(26-30)42(47)49-8-4/h15-22,25-28H,5-14,23-24H2,1-4H3. The molecular formula is C43H48Br2O6. The van der Waals surface area contributed by atoms with E-state index in [0.29, 0.717) is 35.8 Å². The Kier molecular flexibility index (Phi) is 13.8. The van der Waals surface area contributed by atoms with Gasteiger partial charge in [0.05, 0.1) is 31.8 Å². The Balaban J connectivity index is 1.76. The van der Waals surface area contributed by atoms with Gasteiger partial charge in [-0.2, -0.15) is 0 Å². The van der Waals surface area contributed by atoms with E-state index in [0.717, 1.165) is 93.7 Å². The third-order valence-corrected chi connectivity index (χ3v) is 10.4. The third kappa shape index (κ3) is 8.38. The van der Waals surface area contributed by atoms with Crippen LogP contribution in [0.15, 0.2) is 81.7 Å². The summed E-state index contributed by atoms with van der Waals surface area (Å²) in [5, 5.41) is 0. The minimum atomic E-state index is -0.944. The van der Waals surface area contributed by atoms with Crippen molar-refractivity contribution >= 4 is 43.8 Å². The highest BCUT2D eigenvalue weighted by molar-refractivity contribution is 9.10. The molecule has 0 heterocycles. The van der Waals surface area contributed by atoms with Crippen LogP contribution in [0.25, 0.3) is 11.1 Å².